The molecule has 8 atom stereocenters. The van der Waals surface area contributed by atoms with Crippen LogP contribution in [0.15, 0.2) is 24.0 Å². The fraction of sp³-hybridized carbons (Fsp3) is 0.806. The van der Waals surface area contributed by atoms with E-state index >= 15 is 0 Å². The number of ether oxygens (including phenoxy) is 4. The average molecular weight is 544 g/mol. The van der Waals surface area contributed by atoms with Crippen molar-refractivity contribution in [1.29, 1.82) is 0 Å². The molecule has 1 aliphatic carbocycles. The quantitative estimate of drug-likeness (QED) is 0.227. The second-order valence-corrected chi connectivity index (χ2v) is 13.2. The Balaban J connectivity index is 1.27. The predicted molar refractivity (Wildman–Crippen MR) is 149 cm³/mol. The summed E-state index contributed by atoms with van der Waals surface area (Å²) in [7, 11) is 3.92. The third-order valence-electron chi connectivity index (χ3n) is 9.87. The Kier molecular flexibility index (Phi) is 8.31. The van der Waals surface area contributed by atoms with Gasteiger partial charge in [0.05, 0.1) is 25.0 Å². The van der Waals surface area contributed by atoms with Crippen molar-refractivity contribution in [1.82, 2.24) is 14.5 Å². The van der Waals surface area contributed by atoms with Crippen LogP contribution in [0.5, 0.6) is 0 Å². The summed E-state index contributed by atoms with van der Waals surface area (Å²) in [6.45, 7) is 13.5. The summed E-state index contributed by atoms with van der Waals surface area (Å²) < 4.78 is 27.0. The molecule has 0 aromatic carbocycles. The van der Waals surface area contributed by atoms with Crippen LogP contribution in [0.2, 0.25) is 0 Å². The van der Waals surface area contributed by atoms with E-state index in [4.69, 9.17) is 23.9 Å². The molecular weight excluding hydrogens is 494 g/mol. The van der Waals surface area contributed by atoms with Crippen molar-refractivity contribution < 1.29 is 23.7 Å². The molecule has 4 aliphatic rings. The van der Waals surface area contributed by atoms with E-state index in [9.17, 15) is 4.79 Å². The summed E-state index contributed by atoms with van der Waals surface area (Å²) in [6.07, 6.45) is 11.0. The van der Waals surface area contributed by atoms with Gasteiger partial charge < -0.3 is 28.4 Å². The standard InChI is InChI=1S/C31H49N3O5/c1-20(2)10-11-25-30(5,39-25)28-27(36-7)24(12-13-31(28)19-37-31)38-26(35)17-23(21(3)4)29-32-14-16-34(29)18-22-9-8-15-33(22)6/h10,14,16,21-25,27-28H,8-9,11-13,15,17-19H2,1-7H3/t22-,23+,24-,25-,27-,28-,30+,31+/m1/s1. The van der Waals surface area contributed by atoms with Gasteiger partial charge in [0, 0.05) is 38.0 Å². The van der Waals surface area contributed by atoms with E-state index < -0.39 is 0 Å². The first-order valence-electron chi connectivity index (χ1n) is 15.0. The molecule has 0 radical (unpaired) electrons. The molecule has 8 nitrogen and oxygen atoms in total. The first-order chi connectivity index (χ1) is 18.6. The van der Waals surface area contributed by atoms with Crippen LogP contribution in [0, 0.1) is 11.8 Å². The van der Waals surface area contributed by atoms with E-state index in [-0.39, 0.29) is 53.2 Å². The number of imidazole rings is 1. The monoisotopic (exact) mass is 543 g/mol. The molecule has 0 unspecified atom stereocenters. The molecule has 4 fully saturated rings. The molecule has 3 saturated heterocycles. The van der Waals surface area contributed by atoms with E-state index in [1.165, 1.54) is 18.4 Å². The lowest BCUT2D eigenvalue weighted by molar-refractivity contribution is -0.172. The maximum Gasteiger partial charge on any atom is 0.306 e. The first-order valence-corrected chi connectivity index (χ1v) is 15.0. The zero-order valence-corrected chi connectivity index (χ0v) is 25.0. The minimum absolute atomic E-state index is 0.00423. The number of esters is 1. The molecule has 0 bridgehead atoms. The lowest BCUT2D eigenvalue weighted by atomic mass is 9.68. The van der Waals surface area contributed by atoms with Gasteiger partial charge in [0.25, 0.3) is 0 Å². The van der Waals surface area contributed by atoms with E-state index in [0.717, 1.165) is 44.8 Å². The van der Waals surface area contributed by atoms with Crippen molar-refractivity contribution in [2.45, 2.75) is 121 Å². The average Bonchev–Trinajstić information content (AvgIpc) is 3.67. The number of epoxide rings is 2. The number of likely N-dealkylation sites (tertiary alicyclic amines) is 1. The van der Waals surface area contributed by atoms with Gasteiger partial charge in [-0.1, -0.05) is 25.5 Å². The highest BCUT2D eigenvalue weighted by Crippen LogP contribution is 2.59. The van der Waals surface area contributed by atoms with Crippen LogP contribution in [0.3, 0.4) is 0 Å². The van der Waals surface area contributed by atoms with E-state index in [1.54, 1.807) is 7.11 Å². The summed E-state index contributed by atoms with van der Waals surface area (Å²) in [5.74, 6) is 1.09. The number of carbonyl (C=O) groups excluding carboxylic acids is 1. The molecular formula is C31H49N3O5. The largest absolute Gasteiger partial charge is 0.460 e. The Morgan fingerprint density at radius 2 is 2.08 bits per heavy atom. The summed E-state index contributed by atoms with van der Waals surface area (Å²) in [4.78, 5) is 20.6. The van der Waals surface area contributed by atoms with Gasteiger partial charge in [0.15, 0.2) is 0 Å². The Morgan fingerprint density at radius 1 is 1.31 bits per heavy atom. The van der Waals surface area contributed by atoms with Gasteiger partial charge in [-0.15, -0.1) is 0 Å². The minimum atomic E-state index is -0.340. The number of aromatic nitrogens is 2. The van der Waals surface area contributed by atoms with Crippen molar-refractivity contribution in [2.75, 3.05) is 27.3 Å². The van der Waals surface area contributed by atoms with Crippen molar-refractivity contribution in [3.63, 3.8) is 0 Å². The molecule has 1 saturated carbocycles. The van der Waals surface area contributed by atoms with Crippen LogP contribution in [0.25, 0.3) is 0 Å². The number of nitrogens with zero attached hydrogens (tertiary/aromatic N) is 3. The van der Waals surface area contributed by atoms with Crippen LogP contribution in [-0.4, -0.2) is 83.3 Å². The lowest BCUT2D eigenvalue weighted by Gasteiger charge is -2.42. The van der Waals surface area contributed by atoms with E-state index in [1.807, 2.05) is 6.20 Å². The fourth-order valence-electron chi connectivity index (χ4n) is 7.33. The van der Waals surface area contributed by atoms with Gasteiger partial charge in [0.1, 0.15) is 29.2 Å². The van der Waals surface area contributed by atoms with E-state index in [2.05, 4.69) is 63.4 Å². The molecule has 5 rings (SSSR count). The van der Waals surface area contributed by atoms with Crippen LogP contribution in [-0.2, 0) is 30.3 Å². The fourth-order valence-corrected chi connectivity index (χ4v) is 7.33. The number of rotatable bonds is 11. The highest BCUT2D eigenvalue weighted by atomic mass is 16.6. The third kappa shape index (κ3) is 5.85. The summed E-state index contributed by atoms with van der Waals surface area (Å²) in [6, 6.07) is 0.517. The molecule has 3 aliphatic heterocycles. The van der Waals surface area contributed by atoms with Crippen LogP contribution in [0.1, 0.15) is 84.9 Å². The van der Waals surface area contributed by atoms with Gasteiger partial charge >= 0.3 is 5.97 Å². The van der Waals surface area contributed by atoms with E-state index in [0.29, 0.717) is 12.5 Å². The highest BCUT2D eigenvalue weighted by Gasteiger charge is 2.72. The SMILES string of the molecule is CO[C@@H]1[C@H](OC(=O)C[C@H](c2nccn2C[C@H]2CCCN2C)C(C)C)CC[C@]2(CO2)[C@H]1[C@@]1(C)O[C@@H]1CC=C(C)C. The van der Waals surface area contributed by atoms with Crippen LogP contribution in [0.4, 0.5) is 0 Å². The Morgan fingerprint density at radius 3 is 2.69 bits per heavy atom. The molecule has 0 amide bonds. The summed E-state index contributed by atoms with van der Waals surface area (Å²) >= 11 is 0. The Hall–Kier alpha value is -1.74. The molecule has 218 valence electrons. The van der Waals surface area contributed by atoms with Crippen LogP contribution < -0.4 is 0 Å². The number of hydrogen-bond donors (Lipinski definition) is 0. The smallest absolute Gasteiger partial charge is 0.306 e. The highest BCUT2D eigenvalue weighted by molar-refractivity contribution is 5.70. The van der Waals surface area contributed by atoms with Gasteiger partial charge in [-0.3, -0.25) is 4.79 Å². The first kappa shape index (κ1) is 28.8. The van der Waals surface area contributed by atoms with Crippen LogP contribution >= 0.6 is 0 Å². The second-order valence-electron chi connectivity index (χ2n) is 13.2. The Labute approximate surface area is 234 Å². The molecule has 0 N–H and O–H groups in total. The number of allylic oxidation sites excluding steroid dienone is 1. The maximum absolute atomic E-state index is 13.5. The van der Waals surface area contributed by atoms with Gasteiger partial charge in [-0.05, 0) is 72.4 Å². The molecule has 8 heteroatoms. The zero-order chi connectivity index (χ0) is 27.9. The summed E-state index contributed by atoms with van der Waals surface area (Å²) in [5, 5.41) is 0. The molecule has 1 spiro atoms. The molecule has 1 aromatic rings. The molecule has 39 heavy (non-hydrogen) atoms. The number of likely N-dealkylation sites (N-methyl/N-ethyl adjacent to an activating group) is 1. The van der Waals surface area contributed by atoms with Crippen molar-refractivity contribution in [3.05, 3.63) is 29.9 Å². The molecule has 4 heterocycles. The van der Waals surface area contributed by atoms with Gasteiger partial charge in [-0.2, -0.15) is 0 Å². The molecule has 1 aromatic heterocycles. The normalized spacial score (nSPS) is 36.8. The third-order valence-corrected chi connectivity index (χ3v) is 9.87. The maximum atomic E-state index is 13.5. The van der Waals surface area contributed by atoms with Gasteiger partial charge in [0.2, 0.25) is 0 Å². The van der Waals surface area contributed by atoms with Crippen molar-refractivity contribution in [3.8, 4) is 0 Å². The predicted octanol–water partition coefficient (Wildman–Crippen LogP) is 4.73. The number of carbonyl (C=O) groups is 1. The minimum Gasteiger partial charge on any atom is -0.460 e. The lowest BCUT2D eigenvalue weighted by Crippen LogP contribution is -2.55. The zero-order valence-electron chi connectivity index (χ0n) is 25.0. The Bertz CT molecular complexity index is 1040. The van der Waals surface area contributed by atoms with Crippen molar-refractivity contribution in [2.24, 2.45) is 11.8 Å². The number of methoxy groups -OCH3 is 1. The topological polar surface area (TPSA) is 81.7 Å². The van der Waals surface area contributed by atoms with Crippen molar-refractivity contribution >= 4 is 5.97 Å². The number of hydrogen-bond acceptors (Lipinski definition) is 7. The van der Waals surface area contributed by atoms with Gasteiger partial charge in [-0.25, -0.2) is 4.98 Å². The second kappa shape index (κ2) is 11.3. The summed E-state index contributed by atoms with van der Waals surface area (Å²) in [5.41, 5.74) is 0.725.